The van der Waals surface area contributed by atoms with Crippen LogP contribution in [0, 0.1) is 17.0 Å². The van der Waals surface area contributed by atoms with E-state index in [1.165, 1.54) is 12.1 Å². The van der Waals surface area contributed by atoms with Gasteiger partial charge in [0.15, 0.2) is 5.60 Å². The van der Waals surface area contributed by atoms with Crippen LogP contribution in [0.1, 0.15) is 54.9 Å². The number of primary amides is 1. The summed E-state index contributed by atoms with van der Waals surface area (Å²) < 4.78 is 41.6. The van der Waals surface area contributed by atoms with Crippen LogP contribution >= 0.6 is 0 Å². The summed E-state index contributed by atoms with van der Waals surface area (Å²) in [4.78, 5) is 21.6. The molecule has 0 aliphatic carbocycles. The van der Waals surface area contributed by atoms with E-state index >= 15 is 8.78 Å². The minimum Gasteiger partial charge on any atom is -0.481 e. The van der Waals surface area contributed by atoms with Gasteiger partial charge in [-0.2, -0.15) is 0 Å². The van der Waals surface area contributed by atoms with Crippen molar-refractivity contribution in [3.63, 3.8) is 0 Å². The first-order valence-electron chi connectivity index (χ1n) is 11.2. The van der Waals surface area contributed by atoms with Crippen molar-refractivity contribution >= 4 is 17.7 Å². The Morgan fingerprint density at radius 3 is 2.09 bits per heavy atom. The van der Waals surface area contributed by atoms with Crippen molar-refractivity contribution in [1.29, 1.82) is 5.41 Å². The number of nitrogen functional groups attached to an aromatic ring is 1. The Morgan fingerprint density at radius 1 is 1.14 bits per heavy atom. The highest BCUT2D eigenvalue weighted by Crippen LogP contribution is 2.37. The van der Waals surface area contributed by atoms with Crippen LogP contribution in [0.3, 0.4) is 0 Å². The second-order valence-electron chi connectivity index (χ2n) is 8.18. The van der Waals surface area contributed by atoms with Crippen LogP contribution in [0.2, 0.25) is 0 Å². The van der Waals surface area contributed by atoms with Gasteiger partial charge in [0.2, 0.25) is 0 Å². The molecule has 3 rings (SSSR count). The number of carboxylic acids is 1. The molecular weight excluding hydrogens is 460 g/mol. The summed E-state index contributed by atoms with van der Waals surface area (Å²) in [5.41, 5.74) is 10.2. The number of nitrogens with one attached hydrogen (secondary N) is 1. The standard InChI is InChI=1S/C23H27F2N3O3.C2H4O2/c1-2-31-23(22(28)29,13-14-3-5-16(6-4-14)21(26)27)20-18(24)11-17(12-19(20)25)15-7-9-30-10-8-15;1-2(3)4/h3-6,11-12,15H,2,7-10,13H2,1H3,(H3,26,27)(H2,28,29);1H3,(H,3,4). The van der Waals surface area contributed by atoms with E-state index in [0.29, 0.717) is 42.7 Å². The third kappa shape index (κ3) is 7.06. The lowest BCUT2D eigenvalue weighted by atomic mass is 9.83. The number of hydrogen-bond donors (Lipinski definition) is 4. The second-order valence-corrected chi connectivity index (χ2v) is 8.18. The Hall–Kier alpha value is -3.37. The van der Waals surface area contributed by atoms with Gasteiger partial charge in [-0.3, -0.25) is 15.0 Å². The highest BCUT2D eigenvalue weighted by molar-refractivity contribution is 5.95. The van der Waals surface area contributed by atoms with Gasteiger partial charge in [0.1, 0.15) is 17.5 Å². The zero-order chi connectivity index (χ0) is 26.2. The molecule has 8 nitrogen and oxygen atoms in total. The second kappa shape index (κ2) is 12.4. The van der Waals surface area contributed by atoms with Crippen molar-refractivity contribution in [3.8, 4) is 0 Å². The predicted octanol–water partition coefficient (Wildman–Crippen LogP) is 3.19. The van der Waals surface area contributed by atoms with Crippen LogP contribution in [-0.2, 0) is 31.1 Å². The van der Waals surface area contributed by atoms with Crippen molar-refractivity contribution in [2.24, 2.45) is 11.5 Å². The zero-order valence-corrected chi connectivity index (χ0v) is 19.8. The summed E-state index contributed by atoms with van der Waals surface area (Å²) >= 11 is 0. The van der Waals surface area contributed by atoms with Crippen LogP contribution in [0.25, 0.3) is 0 Å². The van der Waals surface area contributed by atoms with Crippen molar-refractivity contribution in [3.05, 3.63) is 70.3 Å². The SMILES string of the molecule is CC(=O)O.CCOC(Cc1ccc(C(=N)N)cc1)(C(N)=O)c1c(F)cc(C2CCOCC2)cc1F. The molecule has 0 bridgehead atoms. The van der Waals surface area contributed by atoms with E-state index < -0.39 is 34.7 Å². The smallest absolute Gasteiger partial charge is 0.300 e. The van der Waals surface area contributed by atoms with Gasteiger partial charge in [0, 0.05) is 38.7 Å². The zero-order valence-electron chi connectivity index (χ0n) is 19.8. The Bertz CT molecular complexity index is 1030. The van der Waals surface area contributed by atoms with Crippen LogP contribution in [0.5, 0.6) is 0 Å². The van der Waals surface area contributed by atoms with E-state index in [9.17, 15) is 4.79 Å². The third-order valence-corrected chi connectivity index (χ3v) is 5.67. The summed E-state index contributed by atoms with van der Waals surface area (Å²) in [5, 5.41) is 14.9. The highest BCUT2D eigenvalue weighted by atomic mass is 19.1. The number of amidine groups is 1. The fraction of sp³-hybridized carbons (Fsp3) is 0.400. The van der Waals surface area contributed by atoms with Gasteiger partial charge < -0.3 is 26.0 Å². The van der Waals surface area contributed by atoms with Crippen LogP contribution in [0.15, 0.2) is 36.4 Å². The molecule has 2 aromatic rings. The van der Waals surface area contributed by atoms with Gasteiger partial charge in [-0.25, -0.2) is 8.78 Å². The molecule has 0 aromatic heterocycles. The number of carbonyl (C=O) groups excluding carboxylic acids is 1. The normalized spacial score (nSPS) is 15.4. The molecule has 2 aromatic carbocycles. The topological polar surface area (TPSA) is 149 Å². The summed E-state index contributed by atoms with van der Waals surface area (Å²) in [6.07, 6.45) is 1.18. The molecule has 1 fully saturated rings. The number of carboxylic acid groups (broad SMARTS) is 1. The largest absolute Gasteiger partial charge is 0.481 e. The molecular formula is C25H31F2N3O5. The third-order valence-electron chi connectivity index (χ3n) is 5.67. The minimum atomic E-state index is -2.02. The van der Waals surface area contributed by atoms with Gasteiger partial charge in [0.25, 0.3) is 11.9 Å². The Balaban J connectivity index is 0.00000100. The molecule has 1 saturated heterocycles. The summed E-state index contributed by atoms with van der Waals surface area (Å²) in [5.74, 6) is -3.68. The molecule has 1 unspecified atom stereocenters. The molecule has 6 N–H and O–H groups in total. The number of halogens is 2. The lowest BCUT2D eigenvalue weighted by Gasteiger charge is -2.32. The number of hydrogen-bond acceptors (Lipinski definition) is 5. The van der Waals surface area contributed by atoms with Crippen molar-refractivity contribution < 1.29 is 33.0 Å². The van der Waals surface area contributed by atoms with E-state index in [-0.39, 0.29) is 24.8 Å². The lowest BCUT2D eigenvalue weighted by Crippen LogP contribution is -2.47. The first-order chi connectivity index (χ1) is 16.5. The molecule has 0 spiro atoms. The Morgan fingerprint density at radius 2 is 1.66 bits per heavy atom. The van der Waals surface area contributed by atoms with Crippen molar-refractivity contribution in [1.82, 2.24) is 0 Å². The molecule has 190 valence electrons. The van der Waals surface area contributed by atoms with Gasteiger partial charge in [0.05, 0.1) is 5.56 Å². The van der Waals surface area contributed by atoms with Crippen LogP contribution < -0.4 is 11.5 Å². The molecule has 0 saturated carbocycles. The maximum Gasteiger partial charge on any atom is 0.300 e. The molecule has 0 radical (unpaired) electrons. The van der Waals surface area contributed by atoms with E-state index in [1.807, 2.05) is 0 Å². The van der Waals surface area contributed by atoms with Crippen LogP contribution in [-0.4, -0.2) is 42.6 Å². The van der Waals surface area contributed by atoms with Gasteiger partial charge >= 0.3 is 0 Å². The number of benzene rings is 2. The first kappa shape index (κ1) is 27.9. The van der Waals surface area contributed by atoms with E-state index in [1.54, 1.807) is 31.2 Å². The van der Waals surface area contributed by atoms with E-state index in [4.69, 9.17) is 36.3 Å². The first-order valence-corrected chi connectivity index (χ1v) is 11.2. The maximum absolute atomic E-state index is 15.3. The van der Waals surface area contributed by atoms with Crippen molar-refractivity contribution in [2.75, 3.05) is 19.8 Å². The predicted molar refractivity (Wildman–Crippen MR) is 126 cm³/mol. The molecule has 1 aliphatic heterocycles. The fourth-order valence-electron chi connectivity index (χ4n) is 4.07. The van der Waals surface area contributed by atoms with Crippen LogP contribution in [0.4, 0.5) is 8.78 Å². The monoisotopic (exact) mass is 491 g/mol. The average Bonchev–Trinajstić information content (AvgIpc) is 2.79. The van der Waals surface area contributed by atoms with E-state index in [2.05, 4.69) is 0 Å². The van der Waals surface area contributed by atoms with E-state index in [0.717, 1.165) is 6.92 Å². The highest BCUT2D eigenvalue weighted by Gasteiger charge is 2.44. The number of amides is 1. The number of nitrogens with two attached hydrogens (primary N) is 2. The Kier molecular flexibility index (Phi) is 9.85. The van der Waals surface area contributed by atoms with Gasteiger partial charge in [-0.1, -0.05) is 24.3 Å². The molecule has 35 heavy (non-hydrogen) atoms. The van der Waals surface area contributed by atoms with Crippen molar-refractivity contribution in [2.45, 2.75) is 44.6 Å². The number of carbonyl (C=O) groups is 2. The summed E-state index contributed by atoms with van der Waals surface area (Å²) in [6.45, 7) is 3.81. The molecule has 1 heterocycles. The summed E-state index contributed by atoms with van der Waals surface area (Å²) in [7, 11) is 0. The average molecular weight is 492 g/mol. The minimum absolute atomic E-state index is 0.0130. The lowest BCUT2D eigenvalue weighted by molar-refractivity contribution is -0.145. The van der Waals surface area contributed by atoms with Gasteiger partial charge in [-0.05, 0) is 48.9 Å². The molecule has 1 amide bonds. The van der Waals surface area contributed by atoms with Gasteiger partial charge in [-0.15, -0.1) is 0 Å². The summed E-state index contributed by atoms with van der Waals surface area (Å²) in [6, 6.07) is 8.97. The molecule has 1 aliphatic rings. The fourth-order valence-corrected chi connectivity index (χ4v) is 4.07. The number of aliphatic carboxylic acids is 1. The quantitative estimate of drug-likeness (QED) is 0.329. The molecule has 10 heteroatoms. The molecule has 1 atom stereocenters. The Labute approximate surface area is 202 Å². The number of ether oxygens (including phenoxy) is 2. The maximum atomic E-state index is 15.3. The number of rotatable bonds is 8.